The van der Waals surface area contributed by atoms with Gasteiger partial charge in [-0.15, -0.1) is 0 Å². The van der Waals surface area contributed by atoms with Crippen LogP contribution in [0.5, 0.6) is 0 Å². The van der Waals surface area contributed by atoms with Gasteiger partial charge in [-0.25, -0.2) is 0 Å². The van der Waals surface area contributed by atoms with Crippen molar-refractivity contribution in [3.63, 3.8) is 0 Å². The van der Waals surface area contributed by atoms with Crippen LogP contribution in [0.15, 0.2) is 48.8 Å². The molecule has 0 radical (unpaired) electrons. The first-order chi connectivity index (χ1) is 11.4. The Balaban J connectivity index is 1.63. The van der Waals surface area contributed by atoms with Crippen LogP contribution in [0.2, 0.25) is 0 Å². The largest absolute Gasteiger partial charge is 0.416 e. The van der Waals surface area contributed by atoms with Crippen LogP contribution in [0.1, 0.15) is 42.0 Å². The van der Waals surface area contributed by atoms with Gasteiger partial charge in [0.15, 0.2) is 0 Å². The summed E-state index contributed by atoms with van der Waals surface area (Å²) in [6.45, 7) is 1.69. The quantitative estimate of drug-likeness (QED) is 0.915. The smallest absolute Gasteiger partial charge is 0.349 e. The summed E-state index contributed by atoms with van der Waals surface area (Å²) in [6, 6.07) is 8.33. The second-order valence-electron chi connectivity index (χ2n) is 6.09. The zero-order chi connectivity index (χ0) is 17.3. The van der Waals surface area contributed by atoms with E-state index in [4.69, 9.17) is 0 Å². The van der Waals surface area contributed by atoms with Crippen molar-refractivity contribution >= 4 is 5.91 Å². The molecule has 1 aliphatic carbocycles. The molecule has 3 atom stereocenters. The molecule has 1 fully saturated rings. The van der Waals surface area contributed by atoms with Gasteiger partial charge in [-0.1, -0.05) is 18.2 Å². The van der Waals surface area contributed by atoms with Crippen LogP contribution in [-0.2, 0) is 11.0 Å². The van der Waals surface area contributed by atoms with Crippen molar-refractivity contribution in [2.75, 3.05) is 0 Å². The lowest BCUT2D eigenvalue weighted by molar-refractivity contribution is -0.137. The molecule has 1 aromatic heterocycles. The molecule has 1 heterocycles. The molecule has 0 aliphatic heterocycles. The molecule has 0 saturated heterocycles. The Kier molecular flexibility index (Phi) is 4.30. The van der Waals surface area contributed by atoms with Crippen molar-refractivity contribution in [3.8, 4) is 0 Å². The number of hydrogen-bond acceptors (Lipinski definition) is 2. The average molecular weight is 334 g/mol. The number of aromatic nitrogens is 1. The van der Waals surface area contributed by atoms with Gasteiger partial charge < -0.3 is 5.32 Å². The zero-order valence-electron chi connectivity index (χ0n) is 13.0. The second-order valence-corrected chi connectivity index (χ2v) is 6.09. The molecule has 0 unspecified atom stereocenters. The lowest BCUT2D eigenvalue weighted by Gasteiger charge is -2.16. The zero-order valence-corrected chi connectivity index (χ0v) is 13.0. The minimum atomic E-state index is -4.39. The summed E-state index contributed by atoms with van der Waals surface area (Å²) in [5.41, 5.74) is 0.752. The summed E-state index contributed by atoms with van der Waals surface area (Å²) in [4.78, 5) is 16.3. The number of nitrogens with zero attached hydrogens (tertiary/aromatic N) is 1. The molecule has 6 heteroatoms. The molecule has 0 spiro atoms. The third-order valence-corrected chi connectivity index (χ3v) is 4.31. The van der Waals surface area contributed by atoms with Crippen molar-refractivity contribution < 1.29 is 18.0 Å². The fourth-order valence-corrected chi connectivity index (χ4v) is 2.84. The summed E-state index contributed by atoms with van der Waals surface area (Å²) < 4.78 is 38.3. The Bertz CT molecular complexity index is 731. The van der Waals surface area contributed by atoms with E-state index in [1.807, 2.05) is 12.1 Å². The Hall–Kier alpha value is -2.37. The van der Waals surface area contributed by atoms with Gasteiger partial charge in [-0.3, -0.25) is 9.78 Å². The summed E-state index contributed by atoms with van der Waals surface area (Å²) in [7, 11) is 0. The monoisotopic (exact) mass is 334 g/mol. The van der Waals surface area contributed by atoms with Crippen LogP contribution in [0.25, 0.3) is 0 Å². The van der Waals surface area contributed by atoms with Crippen molar-refractivity contribution in [1.29, 1.82) is 0 Å². The number of carbonyl (C=O) groups is 1. The number of halogens is 3. The molecule has 0 bridgehead atoms. The molecular weight excluding hydrogens is 317 g/mol. The van der Waals surface area contributed by atoms with E-state index in [0.29, 0.717) is 5.56 Å². The van der Waals surface area contributed by atoms with E-state index in [1.54, 1.807) is 25.4 Å². The van der Waals surface area contributed by atoms with E-state index < -0.39 is 17.8 Å². The van der Waals surface area contributed by atoms with Crippen LogP contribution >= 0.6 is 0 Å². The van der Waals surface area contributed by atoms with Gasteiger partial charge in [0.2, 0.25) is 5.91 Å². The molecule has 1 aromatic carbocycles. The maximum Gasteiger partial charge on any atom is 0.416 e. The number of pyridine rings is 1. The Labute approximate surface area is 137 Å². The van der Waals surface area contributed by atoms with Crippen LogP contribution in [0.3, 0.4) is 0 Å². The minimum Gasteiger partial charge on any atom is -0.349 e. The summed E-state index contributed by atoms with van der Waals surface area (Å²) in [5, 5.41) is 2.81. The van der Waals surface area contributed by atoms with E-state index in [9.17, 15) is 18.0 Å². The molecule has 3 nitrogen and oxygen atoms in total. The van der Waals surface area contributed by atoms with Gasteiger partial charge in [0.1, 0.15) is 0 Å². The second kappa shape index (κ2) is 6.26. The van der Waals surface area contributed by atoms with Crippen LogP contribution in [-0.4, -0.2) is 10.9 Å². The normalized spacial score (nSPS) is 21.2. The molecule has 24 heavy (non-hydrogen) atoms. The fraction of sp³-hybridized carbons (Fsp3) is 0.333. The predicted molar refractivity (Wildman–Crippen MR) is 83.1 cm³/mol. The average Bonchev–Trinajstić information content (AvgIpc) is 3.36. The first-order valence-corrected chi connectivity index (χ1v) is 7.73. The van der Waals surface area contributed by atoms with Gasteiger partial charge >= 0.3 is 6.18 Å². The number of carbonyl (C=O) groups excluding carboxylic acids is 1. The van der Waals surface area contributed by atoms with Gasteiger partial charge in [0.05, 0.1) is 11.6 Å². The number of amides is 1. The van der Waals surface area contributed by atoms with Crippen molar-refractivity contribution in [3.05, 3.63) is 65.5 Å². The first kappa shape index (κ1) is 16.5. The van der Waals surface area contributed by atoms with Crippen LogP contribution < -0.4 is 5.32 Å². The summed E-state index contributed by atoms with van der Waals surface area (Å²) in [6.07, 6.45) is -0.223. The molecule has 3 rings (SSSR count). The highest BCUT2D eigenvalue weighted by atomic mass is 19.4. The summed E-state index contributed by atoms with van der Waals surface area (Å²) >= 11 is 0. The van der Waals surface area contributed by atoms with Crippen LogP contribution in [0, 0.1) is 5.92 Å². The van der Waals surface area contributed by atoms with E-state index in [-0.39, 0.29) is 17.7 Å². The highest BCUT2D eigenvalue weighted by molar-refractivity contribution is 5.83. The maximum atomic E-state index is 12.8. The van der Waals surface area contributed by atoms with E-state index in [2.05, 4.69) is 10.3 Å². The van der Waals surface area contributed by atoms with Crippen molar-refractivity contribution in [2.24, 2.45) is 5.92 Å². The molecule has 126 valence electrons. The molecule has 1 saturated carbocycles. The number of nitrogens with one attached hydrogen (secondary N) is 1. The minimum absolute atomic E-state index is 0.131. The first-order valence-electron chi connectivity index (χ1n) is 7.73. The van der Waals surface area contributed by atoms with Gasteiger partial charge in [0.25, 0.3) is 0 Å². The van der Waals surface area contributed by atoms with E-state index in [0.717, 1.165) is 24.1 Å². The highest BCUT2D eigenvalue weighted by Gasteiger charge is 2.44. The number of benzene rings is 1. The number of rotatable bonds is 4. The maximum absolute atomic E-state index is 12.8. The number of hydrogen-bond donors (Lipinski definition) is 1. The van der Waals surface area contributed by atoms with Crippen LogP contribution in [0.4, 0.5) is 13.2 Å². The van der Waals surface area contributed by atoms with E-state index >= 15 is 0 Å². The Morgan fingerprint density at radius 2 is 2.08 bits per heavy atom. The third kappa shape index (κ3) is 3.58. The number of alkyl halides is 3. The van der Waals surface area contributed by atoms with Gasteiger partial charge in [-0.2, -0.15) is 13.2 Å². The molecule has 2 aromatic rings. The standard InChI is InChI=1S/C18H17F3N2O/c1-11(12-4-2-6-14(8-12)18(19,20)21)23-17(24)16-9-15(16)13-5-3-7-22-10-13/h2-8,10-11,15-16H,9H2,1H3,(H,23,24)/t11-,15-,16-/m0/s1. The van der Waals surface area contributed by atoms with E-state index in [1.165, 1.54) is 6.07 Å². The van der Waals surface area contributed by atoms with Gasteiger partial charge in [0, 0.05) is 18.3 Å². The van der Waals surface area contributed by atoms with Crippen molar-refractivity contribution in [1.82, 2.24) is 10.3 Å². The lowest BCUT2D eigenvalue weighted by atomic mass is 10.0. The van der Waals surface area contributed by atoms with Crippen molar-refractivity contribution in [2.45, 2.75) is 31.5 Å². The molecular formula is C18H17F3N2O. The SMILES string of the molecule is C[C@H](NC(=O)[C@H]1C[C@H]1c1cccnc1)c1cccc(C(F)(F)F)c1. The highest BCUT2D eigenvalue weighted by Crippen LogP contribution is 2.47. The third-order valence-electron chi connectivity index (χ3n) is 4.31. The molecule has 1 amide bonds. The molecule has 1 N–H and O–H groups in total. The fourth-order valence-electron chi connectivity index (χ4n) is 2.84. The predicted octanol–water partition coefficient (Wildman–Crippen LogP) is 4.08. The Morgan fingerprint density at radius 3 is 2.75 bits per heavy atom. The Morgan fingerprint density at radius 1 is 1.29 bits per heavy atom. The topological polar surface area (TPSA) is 42.0 Å². The lowest BCUT2D eigenvalue weighted by Crippen LogP contribution is -2.28. The van der Waals surface area contributed by atoms with Gasteiger partial charge in [-0.05, 0) is 48.6 Å². The summed E-state index contributed by atoms with van der Waals surface area (Å²) in [5.74, 6) is -0.122. The molecule has 1 aliphatic rings.